The minimum atomic E-state index is -3.73. The van der Waals surface area contributed by atoms with Crippen molar-refractivity contribution in [1.29, 1.82) is 0 Å². The molecule has 0 amide bonds. The van der Waals surface area contributed by atoms with Gasteiger partial charge >= 0.3 is 0 Å². The highest BCUT2D eigenvalue weighted by molar-refractivity contribution is 7.89. The zero-order valence-electron chi connectivity index (χ0n) is 20.3. The second kappa shape index (κ2) is 8.91. The number of piperazine rings is 1. The number of ether oxygens (including phenoxy) is 2. The summed E-state index contributed by atoms with van der Waals surface area (Å²) in [5, 5.41) is 4.36. The lowest BCUT2D eigenvalue weighted by molar-refractivity contribution is 0.352. The van der Waals surface area contributed by atoms with Crippen LogP contribution in [0, 0.1) is 6.92 Å². The van der Waals surface area contributed by atoms with Gasteiger partial charge in [-0.2, -0.15) is 9.40 Å². The van der Waals surface area contributed by atoms with Gasteiger partial charge in [0.1, 0.15) is 5.52 Å². The third-order valence-corrected chi connectivity index (χ3v) is 7.96. The second-order valence-corrected chi connectivity index (χ2v) is 10.4. The molecule has 1 fully saturated rings. The van der Waals surface area contributed by atoms with Crippen molar-refractivity contribution in [2.45, 2.75) is 31.7 Å². The summed E-state index contributed by atoms with van der Waals surface area (Å²) in [6, 6.07) is 4.44. The van der Waals surface area contributed by atoms with E-state index >= 15 is 0 Å². The average molecular weight is 491 g/mol. The topological polar surface area (TPSA) is 112 Å². The molecule has 3 aromatic rings. The first-order valence-corrected chi connectivity index (χ1v) is 12.5. The van der Waals surface area contributed by atoms with Gasteiger partial charge < -0.3 is 14.4 Å². The molecule has 3 heterocycles. The molecule has 0 radical (unpaired) electrons. The van der Waals surface area contributed by atoms with Crippen LogP contribution in [0.2, 0.25) is 0 Å². The summed E-state index contributed by atoms with van der Waals surface area (Å²) >= 11 is 0. The molecular formula is C22H30N6O5S. The van der Waals surface area contributed by atoms with Crippen molar-refractivity contribution in [3.05, 3.63) is 34.2 Å². The van der Waals surface area contributed by atoms with Crippen LogP contribution >= 0.6 is 0 Å². The van der Waals surface area contributed by atoms with Gasteiger partial charge in [0.15, 0.2) is 17.0 Å². The average Bonchev–Trinajstić information content (AvgIpc) is 3.11. The van der Waals surface area contributed by atoms with Crippen molar-refractivity contribution in [1.82, 2.24) is 23.6 Å². The molecule has 0 unspecified atom stereocenters. The molecule has 1 aliphatic heterocycles. The number of hydrogen-bond acceptors (Lipinski definition) is 8. The highest BCUT2D eigenvalue weighted by Crippen LogP contribution is 2.31. The van der Waals surface area contributed by atoms with E-state index in [2.05, 4.69) is 5.10 Å². The number of anilines is 1. The van der Waals surface area contributed by atoms with E-state index < -0.39 is 10.0 Å². The van der Waals surface area contributed by atoms with E-state index in [-0.39, 0.29) is 29.6 Å². The van der Waals surface area contributed by atoms with Crippen LogP contribution in [0.1, 0.15) is 25.6 Å². The van der Waals surface area contributed by atoms with Crippen molar-refractivity contribution in [3.8, 4) is 11.5 Å². The van der Waals surface area contributed by atoms with Crippen molar-refractivity contribution in [3.63, 3.8) is 0 Å². The smallest absolute Gasteiger partial charge is 0.281 e. The van der Waals surface area contributed by atoms with Gasteiger partial charge in [0, 0.05) is 45.3 Å². The van der Waals surface area contributed by atoms with Crippen LogP contribution in [0.15, 0.2) is 27.9 Å². The van der Waals surface area contributed by atoms with Crippen LogP contribution in [0.3, 0.4) is 0 Å². The zero-order chi connectivity index (χ0) is 24.8. The number of methoxy groups -OCH3 is 2. The molecule has 1 aromatic carbocycles. The van der Waals surface area contributed by atoms with Crippen LogP contribution in [0.25, 0.3) is 11.0 Å². The van der Waals surface area contributed by atoms with E-state index in [1.54, 1.807) is 22.4 Å². The molecule has 0 saturated carbocycles. The number of rotatable bonds is 6. The number of aromatic nitrogens is 4. The quantitative estimate of drug-likeness (QED) is 0.512. The predicted molar refractivity (Wildman–Crippen MR) is 128 cm³/mol. The van der Waals surface area contributed by atoms with E-state index in [0.717, 1.165) is 0 Å². The second-order valence-electron chi connectivity index (χ2n) is 8.49. The highest BCUT2D eigenvalue weighted by atomic mass is 32.2. The number of nitrogens with zero attached hydrogens (tertiary/aromatic N) is 6. The minimum absolute atomic E-state index is 0.122. The Hall–Kier alpha value is -3.12. The van der Waals surface area contributed by atoms with Crippen molar-refractivity contribution >= 4 is 27.0 Å². The normalized spacial score (nSPS) is 15.3. The van der Waals surface area contributed by atoms with Gasteiger partial charge in [-0.25, -0.2) is 13.4 Å². The molecule has 0 bridgehead atoms. The summed E-state index contributed by atoms with van der Waals surface area (Å²) < 4.78 is 41.7. The van der Waals surface area contributed by atoms with Crippen LogP contribution in [0.5, 0.6) is 11.5 Å². The van der Waals surface area contributed by atoms with E-state index in [4.69, 9.17) is 14.5 Å². The Balaban J connectivity index is 1.64. The van der Waals surface area contributed by atoms with E-state index in [9.17, 15) is 13.2 Å². The minimum Gasteiger partial charge on any atom is -0.493 e. The van der Waals surface area contributed by atoms with Gasteiger partial charge in [0.2, 0.25) is 16.0 Å². The van der Waals surface area contributed by atoms with E-state index in [1.165, 1.54) is 30.7 Å². The maximum Gasteiger partial charge on any atom is 0.281 e. The third-order valence-electron chi connectivity index (χ3n) is 6.07. The predicted octanol–water partition coefficient (Wildman–Crippen LogP) is 1.55. The molecule has 11 nitrogen and oxygen atoms in total. The summed E-state index contributed by atoms with van der Waals surface area (Å²) in [6.07, 6.45) is 0. The lowest BCUT2D eigenvalue weighted by Crippen LogP contribution is -2.50. The fourth-order valence-electron chi connectivity index (χ4n) is 4.32. The Labute approximate surface area is 198 Å². The highest BCUT2D eigenvalue weighted by Gasteiger charge is 2.31. The van der Waals surface area contributed by atoms with E-state index in [1.807, 2.05) is 25.7 Å². The van der Waals surface area contributed by atoms with Crippen LogP contribution in [-0.2, 0) is 17.1 Å². The maximum atomic E-state index is 13.3. The number of aryl methyl sites for hydroxylation is 2. The Morgan fingerprint density at radius 3 is 2.26 bits per heavy atom. The monoisotopic (exact) mass is 490 g/mol. The molecule has 4 rings (SSSR count). The molecular weight excluding hydrogens is 460 g/mol. The van der Waals surface area contributed by atoms with Gasteiger partial charge in [-0.1, -0.05) is 0 Å². The largest absolute Gasteiger partial charge is 0.493 e. The lowest BCUT2D eigenvalue weighted by Gasteiger charge is -2.36. The standard InChI is InChI=1S/C22H30N6O5S/c1-14(2)28-21(29)20-19(15(3)24-25(20)4)23-22(28)26-9-11-27(12-10-26)34(30,31)16-7-8-17(32-5)18(13-16)33-6/h7-8,13-14H,9-12H2,1-6H3. The number of sulfonamides is 1. The lowest BCUT2D eigenvalue weighted by atomic mass is 10.3. The molecule has 34 heavy (non-hydrogen) atoms. The number of fused-ring (bicyclic) bond motifs is 1. The van der Waals surface area contributed by atoms with Crippen LogP contribution in [0.4, 0.5) is 5.95 Å². The molecule has 0 N–H and O–H groups in total. The fraction of sp³-hybridized carbons (Fsp3) is 0.500. The summed E-state index contributed by atoms with van der Waals surface area (Å²) in [4.78, 5) is 20.2. The molecule has 12 heteroatoms. The molecule has 0 spiro atoms. The van der Waals surface area contributed by atoms with Gasteiger partial charge in [-0.05, 0) is 32.9 Å². The summed E-state index contributed by atoms with van der Waals surface area (Å²) in [5.41, 5.74) is 1.56. The van der Waals surface area contributed by atoms with Crippen LogP contribution < -0.4 is 19.9 Å². The van der Waals surface area contributed by atoms with Crippen LogP contribution in [-0.4, -0.2) is 72.5 Å². The first kappa shape index (κ1) is 24.0. The molecule has 0 atom stereocenters. The van der Waals surface area contributed by atoms with Crippen molar-refractivity contribution in [2.24, 2.45) is 7.05 Å². The van der Waals surface area contributed by atoms with Gasteiger partial charge in [0.05, 0.1) is 24.8 Å². The van der Waals surface area contributed by atoms with Gasteiger partial charge in [0.25, 0.3) is 5.56 Å². The Morgan fingerprint density at radius 1 is 1.03 bits per heavy atom. The van der Waals surface area contributed by atoms with Gasteiger partial charge in [-0.3, -0.25) is 14.0 Å². The van der Waals surface area contributed by atoms with Crippen molar-refractivity contribution < 1.29 is 17.9 Å². The summed E-state index contributed by atoms with van der Waals surface area (Å²) in [6.45, 7) is 7.00. The van der Waals surface area contributed by atoms with E-state index in [0.29, 0.717) is 47.3 Å². The Bertz CT molecular complexity index is 1390. The first-order chi connectivity index (χ1) is 16.1. The van der Waals surface area contributed by atoms with Crippen molar-refractivity contribution in [2.75, 3.05) is 45.3 Å². The summed E-state index contributed by atoms with van der Waals surface area (Å²) in [7, 11) is 0.975. The fourth-order valence-corrected chi connectivity index (χ4v) is 5.76. The third kappa shape index (κ3) is 3.90. The van der Waals surface area contributed by atoms with Gasteiger partial charge in [-0.15, -0.1) is 0 Å². The molecule has 1 aliphatic rings. The molecule has 184 valence electrons. The maximum absolute atomic E-state index is 13.3. The number of benzene rings is 1. The summed E-state index contributed by atoms with van der Waals surface area (Å²) in [5.74, 6) is 1.35. The molecule has 0 aliphatic carbocycles. The number of hydrogen-bond donors (Lipinski definition) is 0. The molecule has 2 aromatic heterocycles. The Kier molecular flexibility index (Phi) is 6.30. The SMILES string of the molecule is COc1ccc(S(=O)(=O)N2CCN(c3nc4c(C)nn(C)c4c(=O)n3C(C)C)CC2)cc1OC. The zero-order valence-corrected chi connectivity index (χ0v) is 21.1. The molecule has 1 saturated heterocycles. The first-order valence-electron chi connectivity index (χ1n) is 11.0. The Morgan fingerprint density at radius 2 is 1.68 bits per heavy atom.